The molecule has 0 spiro atoms. The first-order chi connectivity index (χ1) is 15.6. The average molecular weight is 440 g/mol. The summed E-state index contributed by atoms with van der Waals surface area (Å²) in [5.74, 6) is -0.566. The van der Waals surface area contributed by atoms with Gasteiger partial charge in [0.25, 0.3) is 11.7 Å². The molecule has 1 N–H and O–H groups in total. The number of aliphatic hydroxyl groups is 1. The van der Waals surface area contributed by atoms with E-state index in [4.69, 9.17) is 13.9 Å². The van der Waals surface area contributed by atoms with Crippen LogP contribution in [0.4, 0.5) is 0 Å². The van der Waals surface area contributed by atoms with Crippen LogP contribution in [0, 0.1) is 0 Å². The summed E-state index contributed by atoms with van der Waals surface area (Å²) in [6, 6.07) is 9.53. The number of likely N-dealkylation sites (tertiary alicyclic amines) is 1. The van der Waals surface area contributed by atoms with Crippen LogP contribution in [-0.4, -0.2) is 72.6 Å². The zero-order chi connectivity index (χ0) is 22.5. The van der Waals surface area contributed by atoms with E-state index in [2.05, 4.69) is 4.90 Å². The Morgan fingerprint density at radius 2 is 1.97 bits per heavy atom. The Morgan fingerprint density at radius 3 is 2.69 bits per heavy atom. The molecule has 0 aliphatic carbocycles. The fourth-order valence-electron chi connectivity index (χ4n) is 4.04. The Labute approximate surface area is 187 Å². The summed E-state index contributed by atoms with van der Waals surface area (Å²) >= 11 is 0. The van der Waals surface area contributed by atoms with Crippen molar-refractivity contribution in [1.29, 1.82) is 0 Å². The van der Waals surface area contributed by atoms with Gasteiger partial charge in [-0.05, 0) is 30.7 Å². The van der Waals surface area contributed by atoms with Gasteiger partial charge in [0.15, 0.2) is 0 Å². The van der Waals surface area contributed by atoms with Gasteiger partial charge in [-0.3, -0.25) is 14.5 Å². The molecule has 4 rings (SSSR count). The minimum atomic E-state index is -0.786. The second-order valence-electron chi connectivity index (χ2n) is 7.84. The van der Waals surface area contributed by atoms with E-state index in [1.165, 1.54) is 11.2 Å². The highest BCUT2D eigenvalue weighted by atomic mass is 16.5. The number of furan rings is 1. The van der Waals surface area contributed by atoms with Crippen molar-refractivity contribution in [3.8, 4) is 5.75 Å². The molecule has 8 nitrogen and oxygen atoms in total. The lowest BCUT2D eigenvalue weighted by atomic mass is 9.99. The van der Waals surface area contributed by atoms with E-state index in [1.807, 2.05) is 6.92 Å². The van der Waals surface area contributed by atoms with Gasteiger partial charge in [-0.1, -0.05) is 19.1 Å². The Kier molecular flexibility index (Phi) is 6.92. The van der Waals surface area contributed by atoms with E-state index < -0.39 is 17.7 Å². The van der Waals surface area contributed by atoms with Gasteiger partial charge in [0.1, 0.15) is 23.3 Å². The maximum absolute atomic E-state index is 13.0. The third-order valence-corrected chi connectivity index (χ3v) is 5.69. The van der Waals surface area contributed by atoms with Crippen molar-refractivity contribution in [3.05, 3.63) is 59.6 Å². The summed E-state index contributed by atoms with van der Waals surface area (Å²) in [5.41, 5.74) is 0.445. The predicted octanol–water partition coefficient (Wildman–Crippen LogP) is 2.82. The number of ketones is 1. The van der Waals surface area contributed by atoms with Crippen LogP contribution in [0.3, 0.4) is 0 Å². The number of nitrogens with zero attached hydrogens (tertiary/aromatic N) is 2. The molecule has 3 heterocycles. The molecule has 1 aromatic carbocycles. The molecule has 2 aliphatic heterocycles. The lowest BCUT2D eigenvalue weighted by molar-refractivity contribution is -0.140. The van der Waals surface area contributed by atoms with Crippen molar-refractivity contribution in [2.24, 2.45) is 0 Å². The highest BCUT2D eigenvalue weighted by Gasteiger charge is 2.47. The monoisotopic (exact) mass is 440 g/mol. The molecule has 1 aromatic heterocycles. The Bertz CT molecular complexity index is 978. The highest BCUT2D eigenvalue weighted by molar-refractivity contribution is 6.46. The summed E-state index contributed by atoms with van der Waals surface area (Å²) in [5, 5.41) is 11.1. The number of aliphatic hydroxyl groups excluding tert-OH is 1. The van der Waals surface area contributed by atoms with E-state index in [-0.39, 0.29) is 11.3 Å². The molecule has 8 heteroatoms. The SMILES string of the molecule is CCCOc1cccc(/C(O)=C2\C(=O)C(=O)N(CCN3CCOCC3)C2c2ccco2)c1. The summed E-state index contributed by atoms with van der Waals surface area (Å²) in [4.78, 5) is 29.7. The quantitative estimate of drug-likeness (QED) is 0.383. The van der Waals surface area contributed by atoms with E-state index in [1.54, 1.807) is 36.4 Å². The van der Waals surface area contributed by atoms with Crippen LogP contribution in [0.5, 0.6) is 5.75 Å². The van der Waals surface area contributed by atoms with Crippen LogP contribution in [0.2, 0.25) is 0 Å². The number of amides is 1. The molecule has 0 bridgehead atoms. The van der Waals surface area contributed by atoms with E-state index in [0.29, 0.717) is 50.0 Å². The second-order valence-corrected chi connectivity index (χ2v) is 7.84. The minimum Gasteiger partial charge on any atom is -0.507 e. The maximum atomic E-state index is 13.0. The first-order valence-corrected chi connectivity index (χ1v) is 10.9. The molecule has 2 aromatic rings. The molecule has 2 fully saturated rings. The third-order valence-electron chi connectivity index (χ3n) is 5.69. The van der Waals surface area contributed by atoms with Gasteiger partial charge in [-0.15, -0.1) is 0 Å². The van der Waals surface area contributed by atoms with Crippen molar-refractivity contribution in [2.75, 3.05) is 46.0 Å². The van der Waals surface area contributed by atoms with Crippen LogP contribution >= 0.6 is 0 Å². The topological polar surface area (TPSA) is 92.5 Å². The second kappa shape index (κ2) is 10.0. The van der Waals surface area contributed by atoms with Crippen molar-refractivity contribution in [2.45, 2.75) is 19.4 Å². The number of rotatable bonds is 8. The summed E-state index contributed by atoms with van der Waals surface area (Å²) in [7, 11) is 0. The number of benzene rings is 1. The minimum absolute atomic E-state index is 0.0274. The molecular weight excluding hydrogens is 412 g/mol. The summed E-state index contributed by atoms with van der Waals surface area (Å²) in [6.07, 6.45) is 2.35. The number of carbonyl (C=O) groups is 2. The van der Waals surface area contributed by atoms with Gasteiger partial charge in [0.05, 0.1) is 31.7 Å². The van der Waals surface area contributed by atoms with Crippen LogP contribution in [0.1, 0.15) is 30.7 Å². The number of hydrogen-bond donors (Lipinski definition) is 1. The van der Waals surface area contributed by atoms with Crippen molar-refractivity contribution in [1.82, 2.24) is 9.80 Å². The van der Waals surface area contributed by atoms with Crippen molar-refractivity contribution < 1.29 is 28.6 Å². The fraction of sp³-hybridized carbons (Fsp3) is 0.417. The summed E-state index contributed by atoms with van der Waals surface area (Å²) in [6.45, 7) is 6.35. The molecule has 32 heavy (non-hydrogen) atoms. The predicted molar refractivity (Wildman–Crippen MR) is 117 cm³/mol. The molecule has 0 saturated carbocycles. The number of ether oxygens (including phenoxy) is 2. The van der Waals surface area contributed by atoms with Gasteiger partial charge in [0.2, 0.25) is 0 Å². The molecule has 1 amide bonds. The number of carbonyl (C=O) groups excluding carboxylic acids is 2. The van der Waals surface area contributed by atoms with Gasteiger partial charge in [-0.2, -0.15) is 0 Å². The van der Waals surface area contributed by atoms with Crippen molar-refractivity contribution in [3.63, 3.8) is 0 Å². The van der Waals surface area contributed by atoms with Gasteiger partial charge in [0, 0.05) is 31.7 Å². The molecular formula is C24H28N2O6. The Balaban J connectivity index is 1.66. The van der Waals surface area contributed by atoms with Crippen molar-refractivity contribution >= 4 is 17.4 Å². The van der Waals surface area contributed by atoms with Crippen LogP contribution in [-0.2, 0) is 14.3 Å². The molecule has 170 valence electrons. The smallest absolute Gasteiger partial charge is 0.295 e. The molecule has 2 aliphatic rings. The number of Topliss-reactive ketones (excluding diaryl/α,β-unsaturated/α-hetero) is 1. The zero-order valence-electron chi connectivity index (χ0n) is 18.2. The largest absolute Gasteiger partial charge is 0.507 e. The van der Waals surface area contributed by atoms with Gasteiger partial charge >= 0.3 is 0 Å². The average Bonchev–Trinajstić information content (AvgIpc) is 3.44. The normalized spacial score (nSPS) is 21.3. The van der Waals surface area contributed by atoms with Crippen LogP contribution in [0.15, 0.2) is 52.7 Å². The van der Waals surface area contributed by atoms with E-state index in [0.717, 1.165) is 19.5 Å². The van der Waals surface area contributed by atoms with Gasteiger partial charge in [-0.25, -0.2) is 0 Å². The third kappa shape index (κ3) is 4.56. The highest BCUT2D eigenvalue weighted by Crippen LogP contribution is 2.39. The van der Waals surface area contributed by atoms with E-state index >= 15 is 0 Å². The first kappa shape index (κ1) is 22.1. The lowest BCUT2D eigenvalue weighted by Gasteiger charge is -2.30. The Morgan fingerprint density at radius 1 is 1.16 bits per heavy atom. The maximum Gasteiger partial charge on any atom is 0.295 e. The van der Waals surface area contributed by atoms with E-state index in [9.17, 15) is 14.7 Å². The molecule has 0 radical (unpaired) electrons. The van der Waals surface area contributed by atoms with Crippen LogP contribution in [0.25, 0.3) is 5.76 Å². The lowest BCUT2D eigenvalue weighted by Crippen LogP contribution is -2.42. The standard InChI is InChI=1S/C24H28N2O6/c1-2-12-31-18-6-3-5-17(16-18)22(27)20-21(19-7-4-13-32-19)26(24(29)23(20)28)9-8-25-10-14-30-15-11-25/h3-7,13,16,21,27H,2,8-12,14-15H2,1H3/b22-20+. The Hall–Kier alpha value is -3.10. The zero-order valence-corrected chi connectivity index (χ0v) is 18.2. The number of morpholine rings is 1. The molecule has 1 unspecified atom stereocenters. The van der Waals surface area contributed by atoms with Crippen LogP contribution < -0.4 is 4.74 Å². The van der Waals surface area contributed by atoms with Gasteiger partial charge < -0.3 is 23.9 Å². The number of hydrogen-bond acceptors (Lipinski definition) is 7. The molecule has 1 atom stereocenters. The fourth-order valence-corrected chi connectivity index (χ4v) is 4.04. The molecule has 2 saturated heterocycles. The summed E-state index contributed by atoms with van der Waals surface area (Å²) < 4.78 is 16.6. The first-order valence-electron chi connectivity index (χ1n) is 10.9.